The van der Waals surface area contributed by atoms with Crippen molar-refractivity contribution >= 4 is 11.6 Å². The van der Waals surface area contributed by atoms with Gasteiger partial charge in [0.1, 0.15) is 11.2 Å². The van der Waals surface area contributed by atoms with E-state index in [4.69, 9.17) is 0 Å². The number of pyridine rings is 1. The molecule has 1 atom stereocenters. The molecule has 114 valence electrons. The van der Waals surface area contributed by atoms with Crippen molar-refractivity contribution in [1.82, 2.24) is 24.5 Å². The maximum atomic E-state index is 12.7. The molecule has 1 amide bonds. The van der Waals surface area contributed by atoms with Gasteiger partial charge in [-0.3, -0.25) is 9.78 Å². The summed E-state index contributed by atoms with van der Waals surface area (Å²) in [6.45, 7) is 4.13. The Balaban J connectivity index is 1.90. The van der Waals surface area contributed by atoms with Gasteiger partial charge < -0.3 is 9.88 Å². The van der Waals surface area contributed by atoms with Crippen LogP contribution in [0, 0.1) is 5.92 Å². The van der Waals surface area contributed by atoms with Crippen molar-refractivity contribution in [3.05, 3.63) is 54.2 Å². The van der Waals surface area contributed by atoms with Gasteiger partial charge in [-0.05, 0) is 18.1 Å². The topological polar surface area (TPSA) is 64.2 Å². The van der Waals surface area contributed by atoms with Gasteiger partial charge in [-0.15, -0.1) is 0 Å². The van der Waals surface area contributed by atoms with Crippen LogP contribution in [0.3, 0.4) is 0 Å². The Bertz CT molecular complexity index is 787. The summed E-state index contributed by atoms with van der Waals surface area (Å²) < 4.78 is 3.58. The van der Waals surface area contributed by atoms with Crippen molar-refractivity contribution < 1.29 is 4.79 Å². The average molecular weight is 297 g/mol. The van der Waals surface area contributed by atoms with Crippen LogP contribution in [0.2, 0.25) is 0 Å². The molecule has 0 unspecified atom stereocenters. The molecule has 0 aliphatic carbocycles. The van der Waals surface area contributed by atoms with Crippen LogP contribution in [0.15, 0.2) is 43.0 Å². The first kappa shape index (κ1) is 14.3. The molecular formula is C16H19N5O. The molecule has 0 aliphatic rings. The van der Waals surface area contributed by atoms with Gasteiger partial charge in [0, 0.05) is 25.6 Å². The highest BCUT2D eigenvalue weighted by Crippen LogP contribution is 2.21. The summed E-state index contributed by atoms with van der Waals surface area (Å²) >= 11 is 0. The monoisotopic (exact) mass is 297 g/mol. The number of aryl methyl sites for hydroxylation is 1. The van der Waals surface area contributed by atoms with E-state index in [-0.39, 0.29) is 17.9 Å². The van der Waals surface area contributed by atoms with Gasteiger partial charge in [0.25, 0.3) is 5.91 Å². The lowest BCUT2D eigenvalue weighted by molar-refractivity contribution is 0.0925. The van der Waals surface area contributed by atoms with Crippen LogP contribution < -0.4 is 5.32 Å². The zero-order chi connectivity index (χ0) is 15.7. The normalized spacial score (nSPS) is 12.7. The van der Waals surface area contributed by atoms with Gasteiger partial charge in [-0.1, -0.05) is 19.9 Å². The molecule has 0 fully saturated rings. The third kappa shape index (κ3) is 2.47. The Labute approximate surface area is 128 Å². The second-order valence-electron chi connectivity index (χ2n) is 5.69. The van der Waals surface area contributed by atoms with Gasteiger partial charge >= 0.3 is 0 Å². The Morgan fingerprint density at radius 1 is 1.27 bits per heavy atom. The number of hydrogen-bond acceptors (Lipinski definition) is 3. The standard InChI is InChI=1S/C16H19N5O/c1-11(2)14(13-6-4-5-7-17-13)19-15(22)12-10-18-21-9-8-20(3)16(12)21/h4-11,14H,1-3H3,(H,19,22)/t14-/m0/s1. The molecule has 0 saturated heterocycles. The van der Waals surface area contributed by atoms with Crippen LogP contribution in [-0.2, 0) is 7.05 Å². The predicted molar refractivity (Wildman–Crippen MR) is 83.4 cm³/mol. The number of aromatic nitrogens is 4. The van der Waals surface area contributed by atoms with E-state index < -0.39 is 0 Å². The number of nitrogens with zero attached hydrogens (tertiary/aromatic N) is 4. The van der Waals surface area contributed by atoms with Crippen LogP contribution in [0.5, 0.6) is 0 Å². The minimum atomic E-state index is -0.138. The van der Waals surface area contributed by atoms with E-state index in [1.807, 2.05) is 42.2 Å². The first-order chi connectivity index (χ1) is 10.6. The highest BCUT2D eigenvalue weighted by molar-refractivity contribution is 6.00. The summed E-state index contributed by atoms with van der Waals surface area (Å²) in [5.41, 5.74) is 2.20. The van der Waals surface area contributed by atoms with E-state index in [2.05, 4.69) is 29.2 Å². The molecule has 22 heavy (non-hydrogen) atoms. The van der Waals surface area contributed by atoms with Crippen molar-refractivity contribution in [3.63, 3.8) is 0 Å². The van der Waals surface area contributed by atoms with E-state index in [0.29, 0.717) is 5.56 Å². The minimum Gasteiger partial charge on any atom is -0.343 e. The van der Waals surface area contributed by atoms with Crippen molar-refractivity contribution in [3.8, 4) is 0 Å². The summed E-state index contributed by atoms with van der Waals surface area (Å²) in [4.78, 5) is 17.0. The Hall–Kier alpha value is -2.63. The van der Waals surface area contributed by atoms with Gasteiger partial charge in [-0.25, -0.2) is 4.52 Å². The minimum absolute atomic E-state index is 0.135. The van der Waals surface area contributed by atoms with Crippen molar-refractivity contribution in [2.24, 2.45) is 13.0 Å². The van der Waals surface area contributed by atoms with Gasteiger partial charge in [0.15, 0.2) is 0 Å². The molecule has 6 heteroatoms. The van der Waals surface area contributed by atoms with Crippen molar-refractivity contribution in [2.45, 2.75) is 19.9 Å². The third-order valence-corrected chi connectivity index (χ3v) is 3.74. The molecule has 0 bridgehead atoms. The molecule has 6 nitrogen and oxygen atoms in total. The third-order valence-electron chi connectivity index (χ3n) is 3.74. The largest absolute Gasteiger partial charge is 0.343 e. The fraction of sp³-hybridized carbons (Fsp3) is 0.312. The lowest BCUT2D eigenvalue weighted by Crippen LogP contribution is -2.32. The van der Waals surface area contributed by atoms with E-state index in [1.165, 1.54) is 0 Å². The van der Waals surface area contributed by atoms with Crippen LogP contribution in [0.4, 0.5) is 0 Å². The average Bonchev–Trinajstić information content (AvgIpc) is 3.08. The molecule has 3 aromatic rings. The highest BCUT2D eigenvalue weighted by Gasteiger charge is 2.22. The maximum absolute atomic E-state index is 12.7. The van der Waals surface area contributed by atoms with E-state index in [1.54, 1.807) is 16.9 Å². The SMILES string of the molecule is CC(C)[C@H](NC(=O)c1cnn2ccn(C)c12)c1ccccn1. The van der Waals surface area contributed by atoms with Crippen LogP contribution in [-0.4, -0.2) is 25.1 Å². The second kappa shape index (κ2) is 5.63. The Kier molecular flexibility index (Phi) is 3.66. The molecule has 0 saturated carbocycles. The summed E-state index contributed by atoms with van der Waals surface area (Å²) in [7, 11) is 1.90. The summed E-state index contributed by atoms with van der Waals surface area (Å²) in [6, 6.07) is 5.60. The lowest BCUT2D eigenvalue weighted by atomic mass is 10.00. The predicted octanol–water partition coefficient (Wildman–Crippen LogP) is 2.19. The first-order valence-electron chi connectivity index (χ1n) is 7.28. The first-order valence-corrected chi connectivity index (χ1v) is 7.28. The Morgan fingerprint density at radius 3 is 2.77 bits per heavy atom. The van der Waals surface area contributed by atoms with Gasteiger partial charge in [0.2, 0.25) is 0 Å². The van der Waals surface area contributed by atoms with Crippen LogP contribution in [0.25, 0.3) is 5.65 Å². The Morgan fingerprint density at radius 2 is 2.09 bits per heavy atom. The number of carbonyl (C=O) groups is 1. The number of rotatable bonds is 4. The number of amides is 1. The molecular weight excluding hydrogens is 278 g/mol. The van der Waals surface area contributed by atoms with E-state index >= 15 is 0 Å². The molecule has 3 heterocycles. The molecule has 1 N–H and O–H groups in total. The maximum Gasteiger partial charge on any atom is 0.257 e. The lowest BCUT2D eigenvalue weighted by Gasteiger charge is -2.21. The number of imidazole rings is 1. The number of carbonyl (C=O) groups excluding carboxylic acids is 1. The number of nitrogens with one attached hydrogen (secondary N) is 1. The summed E-state index contributed by atoms with van der Waals surface area (Å²) in [6.07, 6.45) is 7.04. The van der Waals surface area contributed by atoms with Crippen LogP contribution in [0.1, 0.15) is 35.9 Å². The number of fused-ring (bicyclic) bond motifs is 1. The zero-order valence-corrected chi connectivity index (χ0v) is 12.9. The summed E-state index contributed by atoms with van der Waals surface area (Å²) in [5, 5.41) is 7.28. The molecule has 3 rings (SSSR count). The quantitative estimate of drug-likeness (QED) is 0.803. The fourth-order valence-electron chi connectivity index (χ4n) is 2.57. The number of hydrogen-bond donors (Lipinski definition) is 1. The molecule has 0 radical (unpaired) electrons. The zero-order valence-electron chi connectivity index (χ0n) is 12.9. The molecule has 0 spiro atoms. The van der Waals surface area contributed by atoms with Gasteiger partial charge in [0.05, 0.1) is 17.9 Å². The van der Waals surface area contributed by atoms with Crippen molar-refractivity contribution in [2.75, 3.05) is 0 Å². The van der Waals surface area contributed by atoms with Crippen molar-refractivity contribution in [1.29, 1.82) is 0 Å². The smallest absolute Gasteiger partial charge is 0.257 e. The molecule has 0 aromatic carbocycles. The highest BCUT2D eigenvalue weighted by atomic mass is 16.1. The van der Waals surface area contributed by atoms with E-state index in [9.17, 15) is 4.79 Å². The van der Waals surface area contributed by atoms with Gasteiger partial charge in [-0.2, -0.15) is 5.10 Å². The van der Waals surface area contributed by atoms with E-state index in [0.717, 1.165) is 11.3 Å². The molecule has 3 aromatic heterocycles. The molecule has 0 aliphatic heterocycles. The fourth-order valence-corrected chi connectivity index (χ4v) is 2.57. The van der Waals surface area contributed by atoms with Crippen LogP contribution >= 0.6 is 0 Å². The summed E-state index contributed by atoms with van der Waals surface area (Å²) in [5.74, 6) is 0.0967. The second-order valence-corrected chi connectivity index (χ2v) is 5.69.